The highest BCUT2D eigenvalue weighted by Gasteiger charge is 2.39. The van der Waals surface area contributed by atoms with Crippen molar-refractivity contribution in [3.8, 4) is 5.75 Å². The summed E-state index contributed by atoms with van der Waals surface area (Å²) in [5.41, 5.74) is 3.43. The third kappa shape index (κ3) is 3.16. The van der Waals surface area contributed by atoms with Crippen molar-refractivity contribution in [3.05, 3.63) is 82.8 Å². The average Bonchev–Trinajstić information content (AvgIpc) is 3.25. The Morgan fingerprint density at radius 3 is 2.68 bits per heavy atom. The molecule has 2 atom stereocenters. The number of methoxy groups -OCH3 is 1. The molecule has 31 heavy (non-hydrogen) atoms. The second-order valence-electron chi connectivity index (χ2n) is 7.65. The van der Waals surface area contributed by atoms with Crippen molar-refractivity contribution >= 4 is 17.7 Å². The van der Waals surface area contributed by atoms with Crippen LogP contribution < -0.4 is 5.32 Å². The van der Waals surface area contributed by atoms with Crippen LogP contribution >= 0.6 is 0 Å². The van der Waals surface area contributed by atoms with Crippen LogP contribution in [0.3, 0.4) is 0 Å². The summed E-state index contributed by atoms with van der Waals surface area (Å²) >= 11 is 0. The number of anilines is 1. The van der Waals surface area contributed by atoms with Gasteiger partial charge in [-0.3, -0.25) is 4.79 Å². The van der Waals surface area contributed by atoms with Gasteiger partial charge >= 0.3 is 5.97 Å². The Balaban J connectivity index is 1.57. The number of rotatable bonds is 3. The van der Waals surface area contributed by atoms with Gasteiger partial charge in [0, 0.05) is 23.6 Å². The van der Waals surface area contributed by atoms with Gasteiger partial charge in [0.25, 0.3) is 0 Å². The first kappa shape index (κ1) is 19.0. The van der Waals surface area contributed by atoms with E-state index in [4.69, 9.17) is 4.74 Å². The molecule has 8 nitrogen and oxygen atoms in total. The number of phenolic OH excluding ortho intramolecular Hbond substituents is 1. The van der Waals surface area contributed by atoms with E-state index in [1.54, 1.807) is 41.1 Å². The van der Waals surface area contributed by atoms with Gasteiger partial charge in [-0.2, -0.15) is 10.1 Å². The molecule has 0 unspecified atom stereocenters. The van der Waals surface area contributed by atoms with E-state index < -0.39 is 12.0 Å². The molecule has 0 fully saturated rings. The minimum atomic E-state index is -0.446. The fraction of sp³-hybridized carbons (Fsp3) is 0.217. The van der Waals surface area contributed by atoms with Crippen molar-refractivity contribution in [2.45, 2.75) is 24.8 Å². The molecule has 1 aromatic heterocycles. The quantitative estimate of drug-likeness (QED) is 0.632. The van der Waals surface area contributed by atoms with Crippen LogP contribution in [0.1, 0.15) is 46.3 Å². The van der Waals surface area contributed by atoms with Gasteiger partial charge in [0.1, 0.15) is 18.1 Å². The summed E-state index contributed by atoms with van der Waals surface area (Å²) in [4.78, 5) is 29.4. The molecular weight excluding hydrogens is 396 g/mol. The Labute approximate surface area is 178 Å². The average molecular weight is 416 g/mol. The van der Waals surface area contributed by atoms with Crippen molar-refractivity contribution in [1.82, 2.24) is 14.8 Å². The predicted octanol–water partition coefficient (Wildman–Crippen LogP) is 3.19. The number of nitrogens with zero attached hydrogens (tertiary/aromatic N) is 3. The van der Waals surface area contributed by atoms with Gasteiger partial charge in [-0.25, -0.2) is 9.48 Å². The maximum Gasteiger partial charge on any atom is 0.337 e. The zero-order chi connectivity index (χ0) is 21.5. The van der Waals surface area contributed by atoms with Gasteiger partial charge in [0.15, 0.2) is 5.78 Å². The number of carbonyl (C=O) groups excluding carboxylic acids is 2. The second kappa shape index (κ2) is 7.39. The minimum Gasteiger partial charge on any atom is -0.508 e. The fourth-order valence-corrected chi connectivity index (χ4v) is 4.43. The van der Waals surface area contributed by atoms with Crippen LogP contribution in [0.2, 0.25) is 0 Å². The first-order chi connectivity index (χ1) is 15.1. The molecule has 5 rings (SSSR count). The number of aromatic nitrogens is 3. The number of hydrogen-bond acceptors (Lipinski definition) is 7. The van der Waals surface area contributed by atoms with Gasteiger partial charge in [0.05, 0.1) is 12.7 Å². The van der Waals surface area contributed by atoms with E-state index in [1.165, 1.54) is 13.4 Å². The summed E-state index contributed by atoms with van der Waals surface area (Å²) in [5, 5.41) is 17.9. The summed E-state index contributed by atoms with van der Waals surface area (Å²) < 4.78 is 6.46. The lowest BCUT2D eigenvalue weighted by Crippen LogP contribution is -2.33. The number of benzene rings is 2. The summed E-state index contributed by atoms with van der Waals surface area (Å²) in [5.74, 6) is 0.184. The van der Waals surface area contributed by atoms with Gasteiger partial charge in [-0.1, -0.05) is 30.3 Å². The maximum absolute atomic E-state index is 13.3. The molecule has 8 heteroatoms. The number of phenols is 1. The first-order valence-corrected chi connectivity index (χ1v) is 9.95. The lowest BCUT2D eigenvalue weighted by molar-refractivity contribution is -0.116. The summed E-state index contributed by atoms with van der Waals surface area (Å²) in [6.45, 7) is 0. The molecule has 2 aromatic carbocycles. The molecule has 0 bridgehead atoms. The highest BCUT2D eigenvalue weighted by atomic mass is 16.5. The zero-order valence-corrected chi connectivity index (χ0v) is 16.8. The lowest BCUT2D eigenvalue weighted by Gasteiger charge is -2.35. The van der Waals surface area contributed by atoms with Crippen LogP contribution in [-0.4, -0.2) is 38.7 Å². The molecule has 0 spiro atoms. The molecule has 0 saturated heterocycles. The Morgan fingerprint density at radius 1 is 1.16 bits per heavy atom. The highest BCUT2D eigenvalue weighted by Crippen LogP contribution is 2.45. The van der Waals surface area contributed by atoms with Crippen molar-refractivity contribution < 1.29 is 19.4 Å². The van der Waals surface area contributed by atoms with E-state index in [0.29, 0.717) is 29.9 Å². The van der Waals surface area contributed by atoms with Gasteiger partial charge in [0.2, 0.25) is 5.95 Å². The van der Waals surface area contributed by atoms with Crippen molar-refractivity contribution in [3.63, 3.8) is 0 Å². The van der Waals surface area contributed by atoms with Gasteiger partial charge in [-0.15, -0.1) is 0 Å². The molecule has 0 radical (unpaired) electrons. The predicted molar refractivity (Wildman–Crippen MR) is 112 cm³/mol. The van der Waals surface area contributed by atoms with Crippen molar-refractivity contribution in [2.75, 3.05) is 12.4 Å². The molecule has 2 aliphatic rings. The van der Waals surface area contributed by atoms with E-state index in [9.17, 15) is 14.7 Å². The van der Waals surface area contributed by atoms with Crippen LogP contribution in [0.5, 0.6) is 5.75 Å². The molecule has 2 heterocycles. The van der Waals surface area contributed by atoms with Crippen LogP contribution in [0.25, 0.3) is 0 Å². The standard InChI is InChI=1S/C23H20N4O4/c1-31-22(30)14-8-6-13(7-9-14)21-20-17(26-23-24-12-25-27(21)23)10-15(11-19(20)29)16-4-2-3-5-18(16)28/h2-9,12,15,21,28H,10-11H2,1H3,(H,24,25,26)/t15-,21+/m1/s1. The molecule has 3 aromatic rings. The topological polar surface area (TPSA) is 106 Å². The number of nitrogens with one attached hydrogen (secondary N) is 1. The summed E-state index contributed by atoms with van der Waals surface area (Å²) in [7, 11) is 1.34. The SMILES string of the molecule is COC(=O)c1ccc([C@H]2C3=C(C[C@@H](c4ccccc4O)CC3=O)Nc3ncnn32)cc1. The number of ketones is 1. The highest BCUT2D eigenvalue weighted by molar-refractivity contribution is 6.00. The maximum atomic E-state index is 13.3. The minimum absolute atomic E-state index is 0.00908. The van der Waals surface area contributed by atoms with E-state index in [0.717, 1.165) is 16.8 Å². The number of hydrogen-bond donors (Lipinski definition) is 2. The number of Topliss-reactive ketones (excluding diaryl/α,β-unsaturated/α-hetero) is 1. The Morgan fingerprint density at radius 2 is 1.94 bits per heavy atom. The van der Waals surface area contributed by atoms with E-state index in [2.05, 4.69) is 15.4 Å². The largest absolute Gasteiger partial charge is 0.508 e. The molecular formula is C23H20N4O4. The molecule has 1 aliphatic heterocycles. The van der Waals surface area contributed by atoms with Crippen LogP contribution in [-0.2, 0) is 9.53 Å². The van der Waals surface area contributed by atoms with Crippen molar-refractivity contribution in [2.24, 2.45) is 0 Å². The fourth-order valence-electron chi connectivity index (χ4n) is 4.43. The number of aromatic hydroxyl groups is 1. The van der Waals surface area contributed by atoms with Gasteiger partial charge in [-0.05, 0) is 35.7 Å². The molecule has 0 amide bonds. The van der Waals surface area contributed by atoms with Crippen molar-refractivity contribution in [1.29, 1.82) is 0 Å². The van der Waals surface area contributed by atoms with Crippen LogP contribution in [0.4, 0.5) is 5.95 Å². The number of carbonyl (C=O) groups is 2. The molecule has 156 valence electrons. The lowest BCUT2D eigenvalue weighted by atomic mass is 9.77. The number of allylic oxidation sites excluding steroid dienone is 2. The number of esters is 1. The monoisotopic (exact) mass is 416 g/mol. The summed E-state index contributed by atoms with van der Waals surface area (Å²) in [6, 6.07) is 13.6. The molecule has 1 aliphatic carbocycles. The Hall–Kier alpha value is -3.94. The van der Waals surface area contributed by atoms with Crippen LogP contribution in [0.15, 0.2) is 66.1 Å². The number of fused-ring (bicyclic) bond motifs is 1. The molecule has 0 saturated carbocycles. The second-order valence-corrected chi connectivity index (χ2v) is 7.65. The number of ether oxygens (including phenoxy) is 1. The van der Waals surface area contributed by atoms with E-state index in [-0.39, 0.29) is 17.5 Å². The van der Waals surface area contributed by atoms with E-state index in [1.807, 2.05) is 12.1 Å². The summed E-state index contributed by atoms with van der Waals surface area (Å²) in [6.07, 6.45) is 2.31. The Bertz CT molecular complexity index is 1210. The zero-order valence-electron chi connectivity index (χ0n) is 16.8. The normalized spacial score (nSPS) is 20.0. The Kier molecular flexibility index (Phi) is 4.54. The third-order valence-corrected chi connectivity index (χ3v) is 5.89. The number of para-hydroxylation sites is 1. The first-order valence-electron chi connectivity index (χ1n) is 9.95. The van der Waals surface area contributed by atoms with Gasteiger partial charge < -0.3 is 15.2 Å². The smallest absolute Gasteiger partial charge is 0.337 e. The third-order valence-electron chi connectivity index (χ3n) is 5.89. The van der Waals surface area contributed by atoms with Crippen LogP contribution in [0, 0.1) is 0 Å². The van der Waals surface area contributed by atoms with E-state index >= 15 is 0 Å². The molecule has 2 N–H and O–H groups in total.